The highest BCUT2D eigenvalue weighted by Crippen LogP contribution is 2.49. The zero-order chi connectivity index (χ0) is 42.7. The fourth-order valence-corrected chi connectivity index (χ4v) is 7.39. The maximum absolute atomic E-state index is 13.1. The lowest BCUT2D eigenvalue weighted by Crippen LogP contribution is -2.60. The molecule has 1 fully saturated rings. The topological polar surface area (TPSA) is 292 Å². The Kier molecular flexibility index (Phi) is 10.4. The van der Waals surface area contributed by atoms with Crippen LogP contribution in [0.15, 0.2) is 68.2 Å². The summed E-state index contributed by atoms with van der Waals surface area (Å²) in [7, 11) is 2.60. The first-order valence-electron chi connectivity index (χ1n) is 18.3. The molecular formula is C42H38O18. The Labute approximate surface area is 337 Å². The average Bonchev–Trinajstić information content (AvgIpc) is 3.22. The SMILES string of the molecule is COc1cc(-c2oc3cc(=O)cc4oc(/C=C/c5c(O)cc(O)c6c5O[C@H](c5ccc(O)c(O)c5)[C@@H](O)C6)cc(c2OC2OC(CO)C(O)C(O)C2O)c43)cc(OC)c1O. The van der Waals surface area contributed by atoms with Gasteiger partial charge in [-0.15, -0.1) is 0 Å². The fourth-order valence-electron chi connectivity index (χ4n) is 7.39. The highest BCUT2D eigenvalue weighted by Gasteiger charge is 2.45. The Bertz CT molecular complexity index is 2690. The summed E-state index contributed by atoms with van der Waals surface area (Å²) in [5.74, 6) is -2.42. The summed E-state index contributed by atoms with van der Waals surface area (Å²) in [4.78, 5) is 13.1. The monoisotopic (exact) mass is 830 g/mol. The van der Waals surface area contributed by atoms with Crippen molar-refractivity contribution in [3.05, 3.63) is 87.3 Å². The van der Waals surface area contributed by atoms with E-state index in [2.05, 4.69) is 0 Å². The first-order chi connectivity index (χ1) is 28.7. The molecule has 18 heteroatoms. The molecule has 18 nitrogen and oxygen atoms in total. The molecule has 0 aliphatic carbocycles. The van der Waals surface area contributed by atoms with Crippen molar-refractivity contribution >= 4 is 34.1 Å². The van der Waals surface area contributed by atoms with E-state index in [1.807, 2.05) is 0 Å². The van der Waals surface area contributed by atoms with Crippen LogP contribution in [0.4, 0.5) is 0 Å². The molecule has 2 aromatic heterocycles. The summed E-state index contributed by atoms with van der Waals surface area (Å²) in [6.07, 6.45) is -8.18. The van der Waals surface area contributed by atoms with E-state index in [0.717, 1.165) is 6.07 Å². The van der Waals surface area contributed by atoms with E-state index in [1.165, 1.54) is 74.9 Å². The van der Waals surface area contributed by atoms with Crippen molar-refractivity contribution in [3.8, 4) is 63.1 Å². The number of fused-ring (bicyclic) bond motifs is 1. The van der Waals surface area contributed by atoms with E-state index < -0.39 is 72.2 Å². The number of rotatable bonds is 9. The van der Waals surface area contributed by atoms with Gasteiger partial charge in [0.2, 0.25) is 12.0 Å². The second-order valence-electron chi connectivity index (χ2n) is 14.2. The van der Waals surface area contributed by atoms with Gasteiger partial charge in [0, 0.05) is 41.1 Å². The van der Waals surface area contributed by atoms with Crippen LogP contribution in [0.2, 0.25) is 0 Å². The number of aliphatic hydroxyl groups excluding tert-OH is 5. The molecule has 10 N–H and O–H groups in total. The maximum Gasteiger partial charge on any atom is 0.229 e. The highest BCUT2D eigenvalue weighted by molar-refractivity contribution is 6.10. The quantitative estimate of drug-likeness (QED) is 0.0937. The minimum Gasteiger partial charge on any atom is -0.507 e. The third-order valence-corrected chi connectivity index (χ3v) is 10.4. The molecule has 8 rings (SSSR count). The molecular weight excluding hydrogens is 792 g/mol. The molecule has 5 unspecified atom stereocenters. The molecule has 7 atom stereocenters. The van der Waals surface area contributed by atoms with Crippen LogP contribution in [-0.4, -0.2) is 109 Å². The second-order valence-corrected chi connectivity index (χ2v) is 14.2. The van der Waals surface area contributed by atoms with Gasteiger partial charge < -0.3 is 83.6 Å². The molecule has 0 radical (unpaired) electrons. The minimum absolute atomic E-state index is 0.00236. The van der Waals surface area contributed by atoms with Crippen molar-refractivity contribution in [1.82, 2.24) is 0 Å². The van der Waals surface area contributed by atoms with Gasteiger partial charge in [-0.05, 0) is 48.0 Å². The van der Waals surface area contributed by atoms with E-state index in [-0.39, 0.29) is 96.6 Å². The summed E-state index contributed by atoms with van der Waals surface area (Å²) in [6, 6.07) is 11.5. The molecule has 1 saturated heterocycles. The number of methoxy groups -OCH3 is 2. The molecule has 2 aliphatic rings. The molecule has 2 aliphatic heterocycles. The largest absolute Gasteiger partial charge is 0.507 e. The van der Waals surface area contributed by atoms with Crippen LogP contribution in [0.1, 0.15) is 28.6 Å². The van der Waals surface area contributed by atoms with Gasteiger partial charge in [0.15, 0.2) is 39.9 Å². The maximum atomic E-state index is 13.1. The number of hydrogen-bond donors (Lipinski definition) is 10. The number of phenols is 5. The summed E-state index contributed by atoms with van der Waals surface area (Å²) >= 11 is 0. The smallest absolute Gasteiger partial charge is 0.229 e. The zero-order valence-corrected chi connectivity index (χ0v) is 31.5. The van der Waals surface area contributed by atoms with Crippen LogP contribution in [-0.2, 0) is 11.2 Å². The Balaban J connectivity index is 1.32. The van der Waals surface area contributed by atoms with Gasteiger partial charge in [0.25, 0.3) is 0 Å². The van der Waals surface area contributed by atoms with E-state index in [4.69, 9.17) is 32.5 Å². The first kappa shape index (κ1) is 40.1. The van der Waals surface area contributed by atoms with Crippen LogP contribution in [0.3, 0.4) is 0 Å². The van der Waals surface area contributed by atoms with E-state index in [1.54, 1.807) is 0 Å². The molecule has 314 valence electrons. The first-order valence-corrected chi connectivity index (χ1v) is 18.3. The van der Waals surface area contributed by atoms with Crippen LogP contribution < -0.4 is 24.4 Å². The Morgan fingerprint density at radius 3 is 2.13 bits per heavy atom. The predicted molar refractivity (Wildman–Crippen MR) is 208 cm³/mol. The average molecular weight is 831 g/mol. The van der Waals surface area contributed by atoms with Crippen LogP contribution >= 0.6 is 0 Å². The zero-order valence-electron chi connectivity index (χ0n) is 31.5. The Morgan fingerprint density at radius 2 is 1.47 bits per heavy atom. The summed E-state index contributed by atoms with van der Waals surface area (Å²) in [6.45, 7) is -0.757. The van der Waals surface area contributed by atoms with E-state index in [9.17, 15) is 55.9 Å². The predicted octanol–water partition coefficient (Wildman–Crippen LogP) is 3.14. The molecule has 6 aromatic rings. The van der Waals surface area contributed by atoms with Gasteiger partial charge in [-0.2, -0.15) is 0 Å². The normalized spacial score (nSPS) is 22.8. The molecule has 0 amide bonds. The van der Waals surface area contributed by atoms with E-state index in [0.29, 0.717) is 0 Å². The van der Waals surface area contributed by atoms with E-state index >= 15 is 0 Å². The lowest BCUT2D eigenvalue weighted by Gasteiger charge is -2.39. The highest BCUT2D eigenvalue weighted by atomic mass is 16.7. The number of hydrogen-bond acceptors (Lipinski definition) is 18. The van der Waals surface area contributed by atoms with Crippen LogP contribution in [0.25, 0.3) is 45.4 Å². The molecule has 60 heavy (non-hydrogen) atoms. The van der Waals surface area contributed by atoms with Gasteiger partial charge in [0.1, 0.15) is 64.7 Å². The van der Waals surface area contributed by atoms with Crippen molar-refractivity contribution in [1.29, 1.82) is 0 Å². The number of phenolic OH excluding ortho intramolecular Hbond substituents is 5. The molecule has 4 heterocycles. The lowest BCUT2D eigenvalue weighted by atomic mass is 9.92. The van der Waals surface area contributed by atoms with Gasteiger partial charge >= 0.3 is 0 Å². The lowest BCUT2D eigenvalue weighted by molar-refractivity contribution is -0.277. The fraction of sp³-hybridized carbons (Fsp3) is 0.262. The summed E-state index contributed by atoms with van der Waals surface area (Å²) in [5.41, 5.74) is 0.0803. The molecule has 4 aromatic carbocycles. The Hall–Kier alpha value is -6.67. The van der Waals surface area contributed by atoms with Crippen molar-refractivity contribution in [2.75, 3.05) is 20.8 Å². The van der Waals surface area contributed by atoms with Crippen molar-refractivity contribution in [2.45, 2.75) is 49.3 Å². The van der Waals surface area contributed by atoms with Gasteiger partial charge in [0.05, 0.1) is 37.9 Å². The standard InChI is InChI=1S/C42H38O18/c1-54-30-8-17(9-31(55-2)34(30)50)39-41(60-42-37(53)36(52)35(51)32(15-43)58-42)22-12-19(56-28-10-18(44)11-29(57-39)33(22)28)4-5-20-24(46)14-25(47)21-13-27(49)38(59-40(20)21)16-3-6-23(45)26(48)7-16/h3-12,14,27,32,35-38,42-43,45-53H,13,15H2,1-2H3/b5-4+/t27-,32?,35?,36?,37?,38+,42?/m0/s1. The Morgan fingerprint density at radius 1 is 0.767 bits per heavy atom. The van der Waals surface area contributed by atoms with Gasteiger partial charge in [-0.3, -0.25) is 4.79 Å². The second kappa shape index (κ2) is 15.5. The third-order valence-electron chi connectivity index (χ3n) is 10.4. The minimum atomic E-state index is -1.87. The van der Waals surface area contributed by atoms with Gasteiger partial charge in [-0.25, -0.2) is 0 Å². The van der Waals surface area contributed by atoms with Crippen molar-refractivity contribution in [2.24, 2.45) is 0 Å². The van der Waals surface area contributed by atoms with Crippen LogP contribution in [0, 0.1) is 0 Å². The number of aromatic hydroxyl groups is 5. The van der Waals surface area contributed by atoms with Crippen molar-refractivity contribution < 1.29 is 83.6 Å². The third kappa shape index (κ3) is 6.89. The molecule has 0 bridgehead atoms. The molecule has 0 saturated carbocycles. The van der Waals surface area contributed by atoms with Gasteiger partial charge in [-0.1, -0.05) is 6.07 Å². The number of aliphatic hydroxyl groups is 5. The molecule has 0 spiro atoms. The van der Waals surface area contributed by atoms with Crippen LogP contribution in [0.5, 0.6) is 51.7 Å². The number of benzene rings is 4. The summed E-state index contributed by atoms with van der Waals surface area (Å²) in [5, 5.41) is 106. The number of ether oxygens (including phenoxy) is 5. The summed E-state index contributed by atoms with van der Waals surface area (Å²) < 4.78 is 41.3. The van der Waals surface area contributed by atoms with Crippen molar-refractivity contribution in [3.63, 3.8) is 0 Å².